The van der Waals surface area contributed by atoms with E-state index >= 15 is 0 Å². The molecule has 0 aromatic carbocycles. The van der Waals surface area contributed by atoms with Gasteiger partial charge in [-0.1, -0.05) is 0 Å². The zero-order valence-electron chi connectivity index (χ0n) is 13.9. The normalized spacial score (nSPS) is 32.5. The van der Waals surface area contributed by atoms with Crippen LogP contribution in [-0.2, 0) is 27.8 Å². The van der Waals surface area contributed by atoms with Gasteiger partial charge >= 0.3 is 0 Å². The van der Waals surface area contributed by atoms with Gasteiger partial charge in [-0.05, 0) is 18.8 Å². The highest BCUT2D eigenvalue weighted by atomic mass is 16.5. The van der Waals surface area contributed by atoms with Crippen LogP contribution in [0.1, 0.15) is 18.4 Å². The van der Waals surface area contributed by atoms with E-state index in [0.717, 1.165) is 59.0 Å². The Balaban J connectivity index is 1.34. The summed E-state index contributed by atoms with van der Waals surface area (Å²) in [7, 11) is 1.97. The number of ether oxygens (including phenoxy) is 3. The molecule has 0 amide bonds. The van der Waals surface area contributed by atoms with Gasteiger partial charge in [0.25, 0.3) is 0 Å². The van der Waals surface area contributed by atoms with Crippen LogP contribution in [0, 0.1) is 11.8 Å². The Morgan fingerprint density at radius 2 is 2.13 bits per heavy atom. The molecule has 3 atom stereocenters. The Morgan fingerprint density at radius 3 is 2.91 bits per heavy atom. The quantitative estimate of drug-likeness (QED) is 0.812. The number of likely N-dealkylation sites (tertiary alicyclic amines) is 1. The molecule has 0 unspecified atom stereocenters. The van der Waals surface area contributed by atoms with Gasteiger partial charge in [-0.2, -0.15) is 5.10 Å². The fourth-order valence-corrected chi connectivity index (χ4v) is 4.11. The molecule has 3 fully saturated rings. The maximum absolute atomic E-state index is 6.33. The van der Waals surface area contributed by atoms with E-state index in [1.54, 1.807) is 0 Å². The minimum Gasteiger partial charge on any atom is -0.381 e. The lowest BCUT2D eigenvalue weighted by molar-refractivity contribution is -0.0259. The Morgan fingerprint density at radius 1 is 1.26 bits per heavy atom. The lowest BCUT2D eigenvalue weighted by Gasteiger charge is -2.25. The fraction of sp³-hybridized carbons (Fsp3) is 0.824. The maximum atomic E-state index is 6.33. The third-order valence-electron chi connectivity index (χ3n) is 5.49. The van der Waals surface area contributed by atoms with E-state index in [0.29, 0.717) is 24.0 Å². The summed E-state index contributed by atoms with van der Waals surface area (Å²) in [5.74, 6) is 1.18. The molecule has 0 spiro atoms. The van der Waals surface area contributed by atoms with Crippen LogP contribution in [0.4, 0.5) is 0 Å². The van der Waals surface area contributed by atoms with E-state index in [9.17, 15) is 0 Å². The van der Waals surface area contributed by atoms with E-state index in [2.05, 4.69) is 16.2 Å². The highest BCUT2D eigenvalue weighted by molar-refractivity contribution is 5.07. The van der Waals surface area contributed by atoms with Gasteiger partial charge in [0.05, 0.1) is 32.1 Å². The van der Waals surface area contributed by atoms with Crippen LogP contribution in [0.2, 0.25) is 0 Å². The molecular formula is C17H27N3O3. The Kier molecular flexibility index (Phi) is 4.66. The lowest BCUT2D eigenvalue weighted by atomic mass is 10.00. The second kappa shape index (κ2) is 6.89. The van der Waals surface area contributed by atoms with E-state index in [4.69, 9.17) is 14.2 Å². The van der Waals surface area contributed by atoms with Crippen molar-refractivity contribution < 1.29 is 14.2 Å². The largest absolute Gasteiger partial charge is 0.381 e. The number of fused-ring (bicyclic) bond motifs is 1. The van der Waals surface area contributed by atoms with Crippen molar-refractivity contribution >= 4 is 0 Å². The van der Waals surface area contributed by atoms with Crippen LogP contribution < -0.4 is 0 Å². The second-order valence-corrected chi connectivity index (χ2v) is 7.15. The van der Waals surface area contributed by atoms with E-state index in [1.165, 1.54) is 5.56 Å². The summed E-state index contributed by atoms with van der Waals surface area (Å²) in [5.41, 5.74) is 1.27. The Labute approximate surface area is 137 Å². The molecular weight excluding hydrogens is 294 g/mol. The van der Waals surface area contributed by atoms with Crippen molar-refractivity contribution in [3.63, 3.8) is 0 Å². The van der Waals surface area contributed by atoms with E-state index in [1.807, 2.05) is 17.9 Å². The van der Waals surface area contributed by atoms with Crippen molar-refractivity contribution in [2.45, 2.75) is 31.5 Å². The summed E-state index contributed by atoms with van der Waals surface area (Å²) < 4.78 is 19.4. The topological polar surface area (TPSA) is 48.8 Å². The first-order valence-corrected chi connectivity index (χ1v) is 8.78. The summed E-state index contributed by atoms with van der Waals surface area (Å²) in [6, 6.07) is 0.495. The number of rotatable bonds is 5. The molecule has 3 aliphatic rings. The van der Waals surface area contributed by atoms with E-state index < -0.39 is 0 Å². The number of aromatic nitrogens is 2. The van der Waals surface area contributed by atoms with Crippen molar-refractivity contribution in [2.24, 2.45) is 18.9 Å². The molecule has 4 heterocycles. The maximum Gasteiger partial charge on any atom is 0.0768 e. The molecule has 0 bridgehead atoms. The van der Waals surface area contributed by atoms with Crippen molar-refractivity contribution in [1.29, 1.82) is 0 Å². The molecule has 0 aliphatic carbocycles. The summed E-state index contributed by atoms with van der Waals surface area (Å²) in [6.45, 7) is 6.28. The first-order chi connectivity index (χ1) is 11.3. The highest BCUT2D eigenvalue weighted by Gasteiger charge is 2.46. The van der Waals surface area contributed by atoms with Crippen molar-refractivity contribution in [3.05, 3.63) is 18.0 Å². The Hall–Kier alpha value is -0.950. The first-order valence-electron chi connectivity index (χ1n) is 8.78. The molecule has 23 heavy (non-hydrogen) atoms. The van der Waals surface area contributed by atoms with E-state index in [-0.39, 0.29) is 0 Å². The summed E-state index contributed by atoms with van der Waals surface area (Å²) >= 11 is 0. The molecule has 0 radical (unpaired) electrons. The monoisotopic (exact) mass is 321 g/mol. The smallest absolute Gasteiger partial charge is 0.0768 e. The minimum atomic E-state index is 0.307. The van der Waals surface area contributed by atoms with Gasteiger partial charge < -0.3 is 14.2 Å². The van der Waals surface area contributed by atoms with Crippen LogP contribution in [0.5, 0.6) is 0 Å². The molecule has 4 rings (SSSR count). The molecule has 6 nitrogen and oxygen atoms in total. The highest BCUT2D eigenvalue weighted by Crippen LogP contribution is 2.33. The van der Waals surface area contributed by atoms with Crippen LogP contribution in [0.3, 0.4) is 0 Å². The zero-order valence-corrected chi connectivity index (χ0v) is 13.9. The fourth-order valence-electron chi connectivity index (χ4n) is 4.11. The number of hydrogen-bond acceptors (Lipinski definition) is 5. The minimum absolute atomic E-state index is 0.307. The number of hydrogen-bond donors (Lipinski definition) is 0. The van der Waals surface area contributed by atoms with Gasteiger partial charge in [0.1, 0.15) is 0 Å². The van der Waals surface area contributed by atoms with Crippen LogP contribution in [0.15, 0.2) is 12.4 Å². The SMILES string of the molecule is Cn1cc(CN2C[C@H](OCC3CCOCC3)[C@H]3COC[C@H]32)cn1. The molecule has 3 aliphatic heterocycles. The van der Waals surface area contributed by atoms with Gasteiger partial charge in [-0.25, -0.2) is 0 Å². The van der Waals surface area contributed by atoms with Gasteiger partial charge in [-0.15, -0.1) is 0 Å². The average Bonchev–Trinajstić information content (AvgIpc) is 3.26. The van der Waals surface area contributed by atoms with Crippen molar-refractivity contribution in [1.82, 2.24) is 14.7 Å². The molecule has 0 N–H and O–H groups in total. The van der Waals surface area contributed by atoms with Crippen LogP contribution in [-0.4, -0.2) is 66.4 Å². The first kappa shape index (κ1) is 15.6. The van der Waals surface area contributed by atoms with Gasteiger partial charge in [0, 0.05) is 57.1 Å². The van der Waals surface area contributed by atoms with Gasteiger partial charge in [0.2, 0.25) is 0 Å². The molecule has 6 heteroatoms. The molecule has 0 saturated carbocycles. The number of nitrogens with zero attached hydrogens (tertiary/aromatic N) is 3. The summed E-state index contributed by atoms with van der Waals surface area (Å²) in [4.78, 5) is 2.52. The second-order valence-electron chi connectivity index (χ2n) is 7.15. The number of aryl methyl sites for hydroxylation is 1. The zero-order chi connectivity index (χ0) is 15.6. The third kappa shape index (κ3) is 3.45. The summed E-state index contributed by atoms with van der Waals surface area (Å²) in [5, 5.41) is 4.28. The molecule has 3 saturated heterocycles. The van der Waals surface area contributed by atoms with Gasteiger partial charge in [0.15, 0.2) is 0 Å². The van der Waals surface area contributed by atoms with Crippen LogP contribution >= 0.6 is 0 Å². The third-order valence-corrected chi connectivity index (χ3v) is 5.49. The molecule has 128 valence electrons. The van der Waals surface area contributed by atoms with Crippen LogP contribution in [0.25, 0.3) is 0 Å². The van der Waals surface area contributed by atoms with Crippen molar-refractivity contribution in [2.75, 3.05) is 39.6 Å². The lowest BCUT2D eigenvalue weighted by Crippen LogP contribution is -2.32. The Bertz CT molecular complexity index is 515. The predicted octanol–water partition coefficient (Wildman–Crippen LogP) is 1.06. The molecule has 1 aromatic rings. The standard InChI is InChI=1S/C17H27N3O3/c1-19-7-14(6-18-19)8-20-9-17(15-11-22-12-16(15)20)23-10-13-2-4-21-5-3-13/h6-7,13,15-17H,2-5,8-12H2,1H3/t15-,16+,17-/m0/s1. The summed E-state index contributed by atoms with van der Waals surface area (Å²) in [6.07, 6.45) is 6.64. The molecule has 1 aromatic heterocycles. The average molecular weight is 321 g/mol. The van der Waals surface area contributed by atoms with Crippen molar-refractivity contribution in [3.8, 4) is 0 Å². The van der Waals surface area contributed by atoms with Gasteiger partial charge in [-0.3, -0.25) is 9.58 Å². The predicted molar refractivity (Wildman–Crippen MR) is 85.0 cm³/mol.